The fourth-order valence-electron chi connectivity index (χ4n) is 3.30. The molecule has 1 atom stereocenters. The molecule has 0 radical (unpaired) electrons. The van der Waals surface area contributed by atoms with Crippen LogP contribution in [0.5, 0.6) is 11.5 Å². The van der Waals surface area contributed by atoms with Crippen molar-refractivity contribution in [1.29, 1.82) is 0 Å². The van der Waals surface area contributed by atoms with Crippen LogP contribution >= 0.6 is 0 Å². The number of amides is 1. The fourth-order valence-corrected chi connectivity index (χ4v) is 3.30. The van der Waals surface area contributed by atoms with Crippen LogP contribution in [0.15, 0.2) is 42.7 Å². The number of rotatable bonds is 4. The highest BCUT2D eigenvalue weighted by Gasteiger charge is 2.28. The molecule has 4 rings (SSSR count). The van der Waals surface area contributed by atoms with Gasteiger partial charge in [-0.25, -0.2) is 9.97 Å². The molecule has 7 heteroatoms. The van der Waals surface area contributed by atoms with Crippen molar-refractivity contribution >= 4 is 11.9 Å². The Morgan fingerprint density at radius 1 is 1.12 bits per heavy atom. The number of para-hydroxylation sites is 2. The van der Waals surface area contributed by atoms with Crippen molar-refractivity contribution < 1.29 is 14.3 Å². The van der Waals surface area contributed by atoms with E-state index in [2.05, 4.69) is 20.2 Å². The van der Waals surface area contributed by atoms with Crippen LogP contribution in [0.1, 0.15) is 12.8 Å². The number of benzene rings is 1. The summed E-state index contributed by atoms with van der Waals surface area (Å²) in [6.45, 7) is 2.71. The minimum absolute atomic E-state index is 0.117. The number of nitrogens with one attached hydrogen (secondary N) is 1. The highest BCUT2D eigenvalue weighted by atomic mass is 16.6. The summed E-state index contributed by atoms with van der Waals surface area (Å²) in [6, 6.07) is 9.23. The molecule has 1 fully saturated rings. The second-order valence-electron chi connectivity index (χ2n) is 6.59. The third-order valence-electron chi connectivity index (χ3n) is 4.82. The highest BCUT2D eigenvalue weighted by Crippen LogP contribution is 2.30. The third-order valence-corrected chi connectivity index (χ3v) is 4.82. The van der Waals surface area contributed by atoms with Crippen molar-refractivity contribution in [2.24, 2.45) is 5.92 Å². The monoisotopic (exact) mass is 354 g/mol. The molecule has 3 heterocycles. The van der Waals surface area contributed by atoms with E-state index in [1.807, 2.05) is 30.3 Å². The summed E-state index contributed by atoms with van der Waals surface area (Å²) in [7, 11) is 0. The summed E-state index contributed by atoms with van der Waals surface area (Å²) in [5.41, 5.74) is 0. The first kappa shape index (κ1) is 16.6. The molecule has 26 heavy (non-hydrogen) atoms. The predicted octanol–water partition coefficient (Wildman–Crippen LogP) is 1.65. The van der Waals surface area contributed by atoms with E-state index in [1.54, 1.807) is 12.4 Å². The van der Waals surface area contributed by atoms with Crippen LogP contribution in [-0.4, -0.2) is 48.2 Å². The number of carbonyl (C=O) groups excluding carboxylic acids is 1. The van der Waals surface area contributed by atoms with E-state index in [0.29, 0.717) is 24.0 Å². The van der Waals surface area contributed by atoms with Gasteiger partial charge in [0.2, 0.25) is 12.1 Å². The van der Waals surface area contributed by atoms with Gasteiger partial charge in [0.1, 0.15) is 6.61 Å². The zero-order chi connectivity index (χ0) is 17.8. The number of ether oxygens (including phenoxy) is 2. The SMILES string of the molecule is O=C(NCC1CCN(c2ncccn2)CC1)[C@@H]1COc2ccccc2O1. The van der Waals surface area contributed by atoms with Gasteiger partial charge in [-0.15, -0.1) is 0 Å². The lowest BCUT2D eigenvalue weighted by atomic mass is 9.97. The molecule has 1 N–H and O–H groups in total. The lowest BCUT2D eigenvalue weighted by Gasteiger charge is -2.32. The maximum Gasteiger partial charge on any atom is 0.264 e. The average molecular weight is 354 g/mol. The molecule has 1 amide bonds. The van der Waals surface area contributed by atoms with Gasteiger partial charge in [0.15, 0.2) is 11.5 Å². The maximum atomic E-state index is 12.4. The number of hydrogen-bond donors (Lipinski definition) is 1. The third kappa shape index (κ3) is 3.71. The molecule has 1 saturated heterocycles. The quantitative estimate of drug-likeness (QED) is 0.900. The Morgan fingerprint density at radius 3 is 2.62 bits per heavy atom. The summed E-state index contributed by atoms with van der Waals surface area (Å²) in [5, 5.41) is 3.01. The molecule has 2 aliphatic heterocycles. The van der Waals surface area contributed by atoms with Gasteiger partial charge in [0.25, 0.3) is 5.91 Å². The zero-order valence-electron chi connectivity index (χ0n) is 14.5. The summed E-state index contributed by atoms with van der Waals surface area (Å²) in [4.78, 5) is 23.2. The first-order valence-corrected chi connectivity index (χ1v) is 8.98. The molecule has 1 aromatic carbocycles. The number of piperidine rings is 1. The van der Waals surface area contributed by atoms with Crippen molar-refractivity contribution in [2.45, 2.75) is 18.9 Å². The lowest BCUT2D eigenvalue weighted by molar-refractivity contribution is -0.130. The minimum Gasteiger partial charge on any atom is -0.485 e. The molecule has 2 aliphatic rings. The first-order chi connectivity index (χ1) is 12.8. The Hall–Kier alpha value is -2.83. The van der Waals surface area contributed by atoms with Crippen molar-refractivity contribution in [1.82, 2.24) is 15.3 Å². The first-order valence-electron chi connectivity index (χ1n) is 8.98. The largest absolute Gasteiger partial charge is 0.485 e. The van der Waals surface area contributed by atoms with E-state index in [0.717, 1.165) is 31.9 Å². The number of nitrogens with zero attached hydrogens (tertiary/aromatic N) is 3. The Kier molecular flexibility index (Phi) is 4.86. The van der Waals surface area contributed by atoms with Gasteiger partial charge in [-0.05, 0) is 37.0 Å². The second-order valence-corrected chi connectivity index (χ2v) is 6.59. The lowest BCUT2D eigenvalue weighted by Crippen LogP contribution is -2.46. The smallest absolute Gasteiger partial charge is 0.264 e. The van der Waals surface area contributed by atoms with Gasteiger partial charge >= 0.3 is 0 Å². The van der Waals surface area contributed by atoms with E-state index >= 15 is 0 Å². The number of carbonyl (C=O) groups is 1. The van der Waals surface area contributed by atoms with Gasteiger partial charge in [0.05, 0.1) is 0 Å². The predicted molar refractivity (Wildman–Crippen MR) is 96.3 cm³/mol. The van der Waals surface area contributed by atoms with Crippen LogP contribution < -0.4 is 19.7 Å². The van der Waals surface area contributed by atoms with Crippen LogP contribution in [-0.2, 0) is 4.79 Å². The van der Waals surface area contributed by atoms with E-state index < -0.39 is 6.10 Å². The number of anilines is 1. The topological polar surface area (TPSA) is 76.6 Å². The maximum absolute atomic E-state index is 12.4. The van der Waals surface area contributed by atoms with Crippen molar-refractivity contribution in [3.63, 3.8) is 0 Å². The van der Waals surface area contributed by atoms with Gasteiger partial charge in [0, 0.05) is 32.0 Å². The van der Waals surface area contributed by atoms with E-state index in [-0.39, 0.29) is 12.5 Å². The van der Waals surface area contributed by atoms with Crippen LogP contribution in [0.4, 0.5) is 5.95 Å². The summed E-state index contributed by atoms with van der Waals surface area (Å²) >= 11 is 0. The van der Waals surface area contributed by atoms with Gasteiger partial charge in [-0.1, -0.05) is 12.1 Å². The molecule has 0 unspecified atom stereocenters. The molecule has 0 bridgehead atoms. The van der Waals surface area contributed by atoms with Gasteiger partial charge in [-0.3, -0.25) is 4.79 Å². The molecular weight excluding hydrogens is 332 g/mol. The normalized spacial score (nSPS) is 19.8. The molecule has 1 aromatic heterocycles. The number of hydrogen-bond acceptors (Lipinski definition) is 6. The van der Waals surface area contributed by atoms with Crippen molar-refractivity contribution in [3.05, 3.63) is 42.7 Å². The van der Waals surface area contributed by atoms with E-state index in [4.69, 9.17) is 9.47 Å². The van der Waals surface area contributed by atoms with Crippen molar-refractivity contribution in [3.8, 4) is 11.5 Å². The molecule has 0 spiro atoms. The Morgan fingerprint density at radius 2 is 1.85 bits per heavy atom. The minimum atomic E-state index is -0.595. The van der Waals surface area contributed by atoms with Crippen molar-refractivity contribution in [2.75, 3.05) is 31.1 Å². The molecule has 2 aromatic rings. The Balaban J connectivity index is 1.23. The molecule has 0 aliphatic carbocycles. The number of aromatic nitrogens is 2. The molecule has 0 saturated carbocycles. The van der Waals surface area contributed by atoms with E-state index in [1.165, 1.54) is 0 Å². The Labute approximate surface area is 152 Å². The van der Waals surface area contributed by atoms with Crippen LogP contribution in [0, 0.1) is 5.92 Å². The molecular formula is C19H22N4O3. The number of fused-ring (bicyclic) bond motifs is 1. The summed E-state index contributed by atoms with van der Waals surface area (Å²) in [6.07, 6.45) is 4.94. The molecule has 136 valence electrons. The summed E-state index contributed by atoms with van der Waals surface area (Å²) < 4.78 is 11.4. The zero-order valence-corrected chi connectivity index (χ0v) is 14.5. The van der Waals surface area contributed by atoms with Crippen LogP contribution in [0.2, 0.25) is 0 Å². The standard InChI is InChI=1S/C19H22N4O3/c24-18(17-13-25-15-4-1-2-5-16(15)26-17)22-12-14-6-10-23(11-7-14)19-20-8-3-9-21-19/h1-5,8-9,14,17H,6-7,10-13H2,(H,22,24)/t17-/m0/s1. The van der Waals surface area contributed by atoms with Gasteiger partial charge in [-0.2, -0.15) is 0 Å². The molecule has 7 nitrogen and oxygen atoms in total. The van der Waals surface area contributed by atoms with E-state index in [9.17, 15) is 4.79 Å². The van der Waals surface area contributed by atoms with Gasteiger partial charge < -0.3 is 19.7 Å². The summed E-state index contributed by atoms with van der Waals surface area (Å²) in [5.74, 6) is 2.42. The van der Waals surface area contributed by atoms with Crippen LogP contribution in [0.25, 0.3) is 0 Å². The fraction of sp³-hybridized carbons (Fsp3) is 0.421. The Bertz CT molecular complexity index is 747. The highest BCUT2D eigenvalue weighted by molar-refractivity contribution is 5.81. The second kappa shape index (κ2) is 7.59. The average Bonchev–Trinajstić information content (AvgIpc) is 2.72. The van der Waals surface area contributed by atoms with Crippen LogP contribution in [0.3, 0.4) is 0 Å².